The number of carbonyl (C=O) groups is 3. The van der Waals surface area contributed by atoms with Gasteiger partial charge in [-0.05, 0) is 135 Å². The number of carboxylic acids is 1. The molecule has 5 saturated carbocycles. The molecule has 7 heteroatoms. The molecule has 0 heterocycles. The van der Waals surface area contributed by atoms with E-state index in [0.717, 1.165) is 64.2 Å². The molecule has 0 aromatic carbocycles. The Hall–Kier alpha value is -1.89. The number of rotatable bonds is 11. The van der Waals surface area contributed by atoms with Crippen LogP contribution in [0.25, 0.3) is 0 Å². The summed E-state index contributed by atoms with van der Waals surface area (Å²) < 4.78 is 0. The van der Waals surface area contributed by atoms with E-state index in [-0.39, 0.29) is 51.5 Å². The van der Waals surface area contributed by atoms with Crippen LogP contribution in [0.2, 0.25) is 0 Å². The van der Waals surface area contributed by atoms with Gasteiger partial charge >= 0.3 is 5.97 Å². The lowest BCUT2D eigenvalue weighted by molar-refractivity contribution is -0.246. The quantitative estimate of drug-likeness (QED) is 0.140. The fraction of sp³-hybridized carbons (Fsp3) is 0.872. The third-order valence-corrected chi connectivity index (χ3v) is 15.6. The van der Waals surface area contributed by atoms with Gasteiger partial charge < -0.3 is 20.8 Å². The van der Waals surface area contributed by atoms with Crippen LogP contribution < -0.4 is 10.6 Å². The van der Waals surface area contributed by atoms with Crippen molar-refractivity contribution in [3.8, 4) is 0 Å². The topological polar surface area (TPSA) is 116 Å². The lowest BCUT2D eigenvalue weighted by Gasteiger charge is -2.72. The van der Waals surface area contributed by atoms with Crippen molar-refractivity contribution < 1.29 is 24.6 Å². The van der Waals surface area contributed by atoms with Gasteiger partial charge in [-0.3, -0.25) is 14.4 Å². The Balaban J connectivity index is 1.27. The molecule has 5 rings (SSSR count). The van der Waals surface area contributed by atoms with Crippen LogP contribution in [0.4, 0.5) is 0 Å². The molecule has 5 fully saturated rings. The minimum absolute atomic E-state index is 0.0427. The summed E-state index contributed by atoms with van der Waals surface area (Å²) in [5.74, 6) is 1.50. The van der Waals surface area contributed by atoms with Crippen molar-refractivity contribution in [2.75, 3.05) is 13.1 Å². The summed E-state index contributed by atoms with van der Waals surface area (Å²) in [4.78, 5) is 36.7. The molecule has 260 valence electrons. The fourth-order valence-corrected chi connectivity index (χ4v) is 12.9. The monoisotopic (exact) mass is 640 g/mol. The number of amides is 2. The molecule has 10 atom stereocenters. The number of aliphatic carboxylic acids is 1. The first-order chi connectivity index (χ1) is 21.5. The minimum atomic E-state index is -1.03. The normalized spacial score (nSPS) is 42.5. The van der Waals surface area contributed by atoms with E-state index in [0.29, 0.717) is 42.6 Å². The van der Waals surface area contributed by atoms with Crippen molar-refractivity contribution in [1.82, 2.24) is 10.6 Å². The van der Waals surface area contributed by atoms with Gasteiger partial charge in [-0.2, -0.15) is 0 Å². The van der Waals surface area contributed by atoms with Crippen LogP contribution in [0.1, 0.15) is 138 Å². The van der Waals surface area contributed by atoms with Gasteiger partial charge in [-0.15, -0.1) is 0 Å². The Morgan fingerprint density at radius 2 is 1.50 bits per heavy atom. The molecule has 0 aromatic heterocycles. The average Bonchev–Trinajstić information content (AvgIpc) is 3.39. The van der Waals surface area contributed by atoms with Crippen molar-refractivity contribution >= 4 is 17.8 Å². The Morgan fingerprint density at radius 1 is 0.783 bits per heavy atom. The number of carbonyl (C=O) groups excluding carboxylic acids is 2. The number of aliphatic hydroxyl groups excluding tert-OH is 1. The van der Waals surface area contributed by atoms with E-state index in [1.165, 1.54) is 31.3 Å². The van der Waals surface area contributed by atoms with Gasteiger partial charge in [0.05, 0.1) is 11.5 Å². The second-order valence-corrected chi connectivity index (χ2v) is 17.8. The molecule has 5 aliphatic rings. The Bertz CT molecular complexity index is 1200. The zero-order valence-electron chi connectivity index (χ0n) is 29.8. The van der Waals surface area contributed by atoms with E-state index in [1.807, 2.05) is 0 Å². The molecule has 46 heavy (non-hydrogen) atoms. The highest BCUT2D eigenvalue weighted by Gasteiger charge is 2.71. The van der Waals surface area contributed by atoms with E-state index < -0.39 is 5.97 Å². The third kappa shape index (κ3) is 5.66. The van der Waals surface area contributed by atoms with Crippen LogP contribution in [-0.4, -0.2) is 47.2 Å². The maximum absolute atomic E-state index is 14.3. The number of allylic oxidation sites excluding steroid dienone is 1. The molecule has 4 N–H and O–H groups in total. The summed E-state index contributed by atoms with van der Waals surface area (Å²) >= 11 is 0. The highest BCUT2D eigenvalue weighted by Crippen LogP contribution is 2.77. The van der Waals surface area contributed by atoms with Gasteiger partial charge in [0.15, 0.2) is 0 Å². The van der Waals surface area contributed by atoms with Crippen LogP contribution >= 0.6 is 0 Å². The van der Waals surface area contributed by atoms with Crippen LogP contribution in [0.5, 0.6) is 0 Å². The first-order valence-corrected chi connectivity index (χ1v) is 18.6. The standard InChI is InChI=1S/C39H64N2O5/c1-25(2)26-15-20-39(34(46)40-23-11-9-8-10-12-31(43)41-24-32(44)45)22-21-37(6)27(33(26)39)13-14-29-36(5)18-17-30(42)35(3,4)28(36)16-19-38(29,37)7/h26-30,33,42H,1,8-24H2,2-7H3,(H,40,46)(H,41,43)(H,44,45)/t26-,27?,28-,29+,30-,33?,36-,37+,38+,39-/m0/s1. The molecule has 0 spiro atoms. The number of hydrogen-bond donors (Lipinski definition) is 4. The highest BCUT2D eigenvalue weighted by atomic mass is 16.4. The first-order valence-electron chi connectivity index (χ1n) is 18.6. The van der Waals surface area contributed by atoms with Gasteiger partial charge in [-0.1, -0.05) is 59.6 Å². The number of nitrogens with one attached hydrogen (secondary N) is 2. The fourth-order valence-electron chi connectivity index (χ4n) is 12.9. The lowest BCUT2D eigenvalue weighted by atomic mass is 9.32. The zero-order valence-corrected chi connectivity index (χ0v) is 29.8. The molecular weight excluding hydrogens is 576 g/mol. The van der Waals surface area contributed by atoms with E-state index in [1.54, 1.807) is 0 Å². The maximum atomic E-state index is 14.3. The molecule has 0 saturated heterocycles. The Kier molecular flexibility index (Phi) is 9.90. The van der Waals surface area contributed by atoms with Gasteiger partial charge in [0.1, 0.15) is 6.54 Å². The van der Waals surface area contributed by atoms with Crippen molar-refractivity contribution in [3.63, 3.8) is 0 Å². The summed E-state index contributed by atoms with van der Waals surface area (Å²) in [6, 6.07) is 0. The second-order valence-electron chi connectivity index (χ2n) is 17.8. The molecule has 0 aromatic rings. The number of aliphatic hydroxyl groups is 1. The summed E-state index contributed by atoms with van der Waals surface area (Å²) in [6.45, 7) is 19.5. The van der Waals surface area contributed by atoms with Crippen molar-refractivity contribution in [2.24, 2.45) is 56.7 Å². The predicted molar refractivity (Wildman–Crippen MR) is 182 cm³/mol. The average molecular weight is 641 g/mol. The first kappa shape index (κ1) is 35.4. The highest BCUT2D eigenvalue weighted by molar-refractivity contribution is 5.84. The van der Waals surface area contributed by atoms with Crippen LogP contribution in [0, 0.1) is 56.7 Å². The van der Waals surface area contributed by atoms with Gasteiger partial charge in [0.2, 0.25) is 11.8 Å². The summed E-state index contributed by atoms with van der Waals surface area (Å²) in [5.41, 5.74) is 1.57. The van der Waals surface area contributed by atoms with Crippen LogP contribution in [0.15, 0.2) is 12.2 Å². The summed E-state index contributed by atoms with van der Waals surface area (Å²) in [7, 11) is 0. The van der Waals surface area contributed by atoms with E-state index >= 15 is 0 Å². The van der Waals surface area contributed by atoms with E-state index in [4.69, 9.17) is 5.11 Å². The van der Waals surface area contributed by atoms with E-state index in [2.05, 4.69) is 58.8 Å². The zero-order chi connectivity index (χ0) is 33.7. The van der Waals surface area contributed by atoms with Crippen LogP contribution in [-0.2, 0) is 14.4 Å². The molecule has 2 unspecified atom stereocenters. The third-order valence-electron chi connectivity index (χ3n) is 15.6. The molecule has 2 amide bonds. The molecule has 0 bridgehead atoms. The predicted octanol–water partition coefficient (Wildman–Crippen LogP) is 7.27. The molecule has 0 radical (unpaired) electrons. The van der Waals surface area contributed by atoms with Crippen molar-refractivity contribution in [3.05, 3.63) is 12.2 Å². The van der Waals surface area contributed by atoms with Crippen molar-refractivity contribution in [2.45, 2.75) is 144 Å². The largest absolute Gasteiger partial charge is 0.480 e. The summed E-state index contributed by atoms with van der Waals surface area (Å²) in [6.07, 6.45) is 14.6. The van der Waals surface area contributed by atoms with Gasteiger partial charge in [0, 0.05) is 13.0 Å². The van der Waals surface area contributed by atoms with Gasteiger partial charge in [-0.25, -0.2) is 0 Å². The molecular formula is C39H64N2O5. The smallest absolute Gasteiger partial charge is 0.322 e. The Labute approximate surface area is 278 Å². The SMILES string of the molecule is C=C(C)[C@@H]1CC[C@]2(C(=O)NCCCCCCC(=O)NCC(=O)O)CC[C@]3(C)C(CC[C@@H]4[C@@]5(C)CC[C@H](O)C(C)(C)[C@@H]5CC[C@]43C)C12. The molecule has 7 nitrogen and oxygen atoms in total. The Morgan fingerprint density at radius 3 is 2.20 bits per heavy atom. The van der Waals surface area contributed by atoms with Gasteiger partial charge in [0.25, 0.3) is 0 Å². The second kappa shape index (κ2) is 12.9. The van der Waals surface area contributed by atoms with Crippen molar-refractivity contribution in [1.29, 1.82) is 0 Å². The maximum Gasteiger partial charge on any atom is 0.322 e. The van der Waals surface area contributed by atoms with E-state index in [9.17, 15) is 19.5 Å². The number of hydrogen-bond acceptors (Lipinski definition) is 4. The number of carboxylic acid groups (broad SMARTS) is 1. The summed E-state index contributed by atoms with van der Waals surface area (Å²) in [5, 5.41) is 25.6. The lowest BCUT2D eigenvalue weighted by Crippen LogP contribution is -2.67. The molecule has 5 aliphatic carbocycles. The minimum Gasteiger partial charge on any atom is -0.480 e. The number of fused-ring (bicyclic) bond motifs is 7. The van der Waals surface area contributed by atoms with Crippen LogP contribution in [0.3, 0.4) is 0 Å². The molecule has 0 aliphatic heterocycles. The number of unbranched alkanes of at least 4 members (excludes halogenated alkanes) is 3.